The fourth-order valence-corrected chi connectivity index (χ4v) is 3.61. The van der Waals surface area contributed by atoms with Crippen molar-refractivity contribution in [2.24, 2.45) is 12.0 Å². The number of hydrogen-bond donors (Lipinski definition) is 1. The molecule has 1 N–H and O–H groups in total. The fourth-order valence-electron chi connectivity index (χ4n) is 3.61. The lowest BCUT2D eigenvalue weighted by Crippen LogP contribution is -2.40. The lowest BCUT2D eigenvalue weighted by molar-refractivity contribution is 0.0377. The Balaban J connectivity index is 0.00000243. The average molecular weight is 476 g/mol. The molecule has 2 fully saturated rings. The van der Waals surface area contributed by atoms with Crippen LogP contribution in [0.15, 0.2) is 17.4 Å². The minimum absolute atomic E-state index is 0. The van der Waals surface area contributed by atoms with Crippen LogP contribution in [0.3, 0.4) is 0 Å². The van der Waals surface area contributed by atoms with Gasteiger partial charge in [0.1, 0.15) is 0 Å². The molecule has 0 aliphatic carbocycles. The summed E-state index contributed by atoms with van der Waals surface area (Å²) in [6.45, 7) is 11.0. The summed E-state index contributed by atoms with van der Waals surface area (Å²) in [6, 6.07) is 0. The number of morpholine rings is 1. The summed E-state index contributed by atoms with van der Waals surface area (Å²) in [4.78, 5) is 9.74. The molecule has 8 heteroatoms. The van der Waals surface area contributed by atoms with Crippen molar-refractivity contribution in [3.63, 3.8) is 0 Å². The molecule has 1 atom stereocenters. The van der Waals surface area contributed by atoms with E-state index in [2.05, 4.69) is 33.3 Å². The van der Waals surface area contributed by atoms with Crippen molar-refractivity contribution >= 4 is 29.9 Å². The van der Waals surface area contributed by atoms with E-state index in [9.17, 15) is 0 Å². The van der Waals surface area contributed by atoms with Crippen molar-refractivity contribution in [1.29, 1.82) is 0 Å². The van der Waals surface area contributed by atoms with Gasteiger partial charge in [-0.3, -0.25) is 14.6 Å². The monoisotopic (exact) mass is 476 g/mol. The van der Waals surface area contributed by atoms with Crippen molar-refractivity contribution in [3.8, 4) is 0 Å². The van der Waals surface area contributed by atoms with Crippen LogP contribution >= 0.6 is 24.0 Å². The predicted octanol–water partition coefficient (Wildman–Crippen LogP) is 1.52. The van der Waals surface area contributed by atoms with Crippen LogP contribution in [-0.4, -0.2) is 84.6 Å². The predicted molar refractivity (Wildman–Crippen MR) is 115 cm³/mol. The van der Waals surface area contributed by atoms with Gasteiger partial charge in [0.2, 0.25) is 0 Å². The molecule has 0 aromatic carbocycles. The Bertz CT molecular complexity index is 558. The van der Waals surface area contributed by atoms with Crippen molar-refractivity contribution < 1.29 is 4.74 Å². The molecule has 0 amide bonds. The Morgan fingerprint density at radius 3 is 2.85 bits per heavy atom. The van der Waals surface area contributed by atoms with E-state index in [1.54, 1.807) is 0 Å². The van der Waals surface area contributed by atoms with Gasteiger partial charge in [0.25, 0.3) is 0 Å². The Morgan fingerprint density at radius 2 is 2.15 bits per heavy atom. The molecule has 0 spiro atoms. The van der Waals surface area contributed by atoms with Crippen LogP contribution in [0.5, 0.6) is 0 Å². The van der Waals surface area contributed by atoms with E-state index >= 15 is 0 Å². The minimum Gasteiger partial charge on any atom is -0.379 e. The van der Waals surface area contributed by atoms with E-state index in [0.29, 0.717) is 5.92 Å². The molecule has 0 radical (unpaired) electrons. The summed E-state index contributed by atoms with van der Waals surface area (Å²) in [7, 11) is 1.98. The van der Waals surface area contributed by atoms with Gasteiger partial charge in [-0.05, 0) is 25.3 Å². The van der Waals surface area contributed by atoms with Crippen LogP contribution < -0.4 is 5.32 Å². The Labute approximate surface area is 174 Å². The molecule has 1 unspecified atom stereocenters. The maximum absolute atomic E-state index is 5.40. The Kier molecular flexibility index (Phi) is 9.13. The summed E-state index contributed by atoms with van der Waals surface area (Å²) in [5.41, 5.74) is 1.34. The number of likely N-dealkylation sites (tertiary alicyclic amines) is 1. The molecular formula is C18H33IN6O. The van der Waals surface area contributed by atoms with Crippen LogP contribution in [0.25, 0.3) is 0 Å². The first kappa shape index (κ1) is 21.4. The molecule has 0 bridgehead atoms. The van der Waals surface area contributed by atoms with E-state index in [1.807, 2.05) is 17.9 Å². The largest absolute Gasteiger partial charge is 0.379 e. The standard InChI is InChI=1S/C18H32N6O.HI/c1-3-19-18(20-6-4-7-23-9-11-25-12-10-23)24-8-5-16(15-24)17-13-21-22(2)14-17;/h13-14,16H,3-12,15H2,1-2H3,(H,19,20);1H. The van der Waals surface area contributed by atoms with Gasteiger partial charge in [0.15, 0.2) is 5.96 Å². The van der Waals surface area contributed by atoms with Crippen LogP contribution in [-0.2, 0) is 11.8 Å². The summed E-state index contributed by atoms with van der Waals surface area (Å²) in [5, 5.41) is 7.77. The molecule has 0 saturated carbocycles. The number of aryl methyl sites for hydroxylation is 1. The van der Waals surface area contributed by atoms with Crippen molar-refractivity contribution in [2.75, 3.05) is 59.0 Å². The highest BCUT2D eigenvalue weighted by molar-refractivity contribution is 14.0. The van der Waals surface area contributed by atoms with E-state index in [0.717, 1.165) is 71.4 Å². The number of guanidine groups is 1. The number of aromatic nitrogens is 2. The minimum atomic E-state index is 0. The number of halogens is 1. The quantitative estimate of drug-likeness (QED) is 0.292. The molecule has 26 heavy (non-hydrogen) atoms. The molecule has 2 aliphatic heterocycles. The zero-order chi connectivity index (χ0) is 17.5. The first-order chi connectivity index (χ1) is 12.3. The van der Waals surface area contributed by atoms with Gasteiger partial charge >= 0.3 is 0 Å². The maximum Gasteiger partial charge on any atom is 0.193 e. The smallest absolute Gasteiger partial charge is 0.193 e. The number of nitrogens with one attached hydrogen (secondary N) is 1. The van der Waals surface area contributed by atoms with Crippen molar-refractivity contribution in [1.82, 2.24) is 24.9 Å². The second-order valence-corrected chi connectivity index (χ2v) is 6.92. The third kappa shape index (κ3) is 6.09. The van der Waals surface area contributed by atoms with Crippen molar-refractivity contribution in [2.45, 2.75) is 25.7 Å². The Hall–Kier alpha value is -0.870. The van der Waals surface area contributed by atoms with Gasteiger partial charge in [-0.1, -0.05) is 0 Å². The summed E-state index contributed by atoms with van der Waals surface area (Å²) in [5.74, 6) is 1.63. The van der Waals surface area contributed by atoms with E-state index in [4.69, 9.17) is 9.73 Å². The molecule has 3 rings (SSSR count). The molecule has 3 heterocycles. The fraction of sp³-hybridized carbons (Fsp3) is 0.778. The lowest BCUT2D eigenvalue weighted by atomic mass is 10.0. The van der Waals surface area contributed by atoms with E-state index < -0.39 is 0 Å². The van der Waals surface area contributed by atoms with E-state index in [-0.39, 0.29) is 24.0 Å². The normalized spacial score (nSPS) is 21.7. The number of aliphatic imine (C=N–C) groups is 1. The first-order valence-corrected chi connectivity index (χ1v) is 9.58. The zero-order valence-corrected chi connectivity index (χ0v) is 18.4. The Morgan fingerprint density at radius 1 is 1.35 bits per heavy atom. The van der Waals surface area contributed by atoms with E-state index in [1.165, 1.54) is 12.0 Å². The molecule has 1 aromatic rings. The second kappa shape index (κ2) is 11.1. The SMILES string of the molecule is CCNC(=NCCCN1CCOCC1)N1CCC(c2cnn(C)c2)C1.I. The van der Waals surface area contributed by atoms with Crippen LogP contribution in [0, 0.1) is 0 Å². The number of rotatable bonds is 6. The lowest BCUT2D eigenvalue weighted by Gasteiger charge is -2.26. The average Bonchev–Trinajstić information content (AvgIpc) is 3.27. The second-order valence-electron chi connectivity index (χ2n) is 6.92. The highest BCUT2D eigenvalue weighted by Gasteiger charge is 2.26. The van der Waals surface area contributed by atoms with Crippen LogP contribution in [0.2, 0.25) is 0 Å². The highest BCUT2D eigenvalue weighted by atomic mass is 127. The topological polar surface area (TPSA) is 57.9 Å². The zero-order valence-electron chi connectivity index (χ0n) is 16.1. The van der Waals surface area contributed by atoms with Crippen LogP contribution in [0.4, 0.5) is 0 Å². The third-order valence-electron chi connectivity index (χ3n) is 5.02. The molecular weight excluding hydrogens is 443 g/mol. The summed E-state index contributed by atoms with van der Waals surface area (Å²) < 4.78 is 7.29. The number of nitrogens with zero attached hydrogens (tertiary/aromatic N) is 5. The van der Waals surface area contributed by atoms with Crippen molar-refractivity contribution in [3.05, 3.63) is 18.0 Å². The molecule has 148 valence electrons. The first-order valence-electron chi connectivity index (χ1n) is 9.58. The van der Waals surface area contributed by atoms with Gasteiger partial charge in [-0.25, -0.2) is 0 Å². The number of hydrogen-bond acceptors (Lipinski definition) is 4. The van der Waals surface area contributed by atoms with Gasteiger partial charge in [-0.2, -0.15) is 5.10 Å². The number of ether oxygens (including phenoxy) is 1. The highest BCUT2D eigenvalue weighted by Crippen LogP contribution is 2.26. The van der Waals surface area contributed by atoms with Gasteiger partial charge in [0.05, 0.1) is 19.4 Å². The molecule has 7 nitrogen and oxygen atoms in total. The summed E-state index contributed by atoms with van der Waals surface area (Å²) >= 11 is 0. The molecule has 1 aromatic heterocycles. The van der Waals surface area contributed by atoms with Gasteiger partial charge in [0, 0.05) is 65.0 Å². The molecule has 2 saturated heterocycles. The summed E-state index contributed by atoms with van der Waals surface area (Å²) in [6.07, 6.45) is 6.42. The molecule has 2 aliphatic rings. The maximum atomic E-state index is 5.40. The van der Waals surface area contributed by atoms with Gasteiger partial charge < -0.3 is 15.0 Å². The van der Waals surface area contributed by atoms with Gasteiger partial charge in [-0.15, -0.1) is 24.0 Å². The third-order valence-corrected chi connectivity index (χ3v) is 5.02. The van der Waals surface area contributed by atoms with Crippen LogP contribution in [0.1, 0.15) is 31.2 Å².